The topological polar surface area (TPSA) is 91.7 Å². The Bertz CT molecular complexity index is 503. The number of ketones is 1. The molecule has 1 unspecified atom stereocenters. The van der Waals surface area contributed by atoms with E-state index >= 15 is 0 Å². The zero-order valence-electron chi connectivity index (χ0n) is 8.14. The Morgan fingerprint density at radius 1 is 1.25 bits per heavy atom. The molecule has 82 valence electrons. The van der Waals surface area contributed by atoms with Crippen molar-refractivity contribution in [2.24, 2.45) is 5.92 Å². The van der Waals surface area contributed by atoms with Crippen LogP contribution in [0.15, 0.2) is 18.2 Å². The van der Waals surface area contributed by atoms with Crippen LogP contribution in [0.2, 0.25) is 0 Å². The summed E-state index contributed by atoms with van der Waals surface area (Å²) >= 11 is 0. The van der Waals surface area contributed by atoms with Crippen LogP contribution in [-0.2, 0) is 11.2 Å². The summed E-state index contributed by atoms with van der Waals surface area (Å²) in [7, 11) is 0. The van der Waals surface area contributed by atoms with E-state index in [2.05, 4.69) is 0 Å². The first-order valence-corrected chi connectivity index (χ1v) is 4.64. The molecule has 0 heterocycles. The molecule has 0 bridgehead atoms. The predicted molar refractivity (Wildman–Crippen MR) is 52.6 cm³/mol. The molecule has 0 spiro atoms. The first-order chi connectivity index (χ1) is 7.50. The smallest absolute Gasteiger partial charge is 0.335 e. The summed E-state index contributed by atoms with van der Waals surface area (Å²) < 4.78 is 0. The second-order valence-electron chi connectivity index (χ2n) is 3.64. The molecule has 0 saturated carbocycles. The number of benzene rings is 1. The SMILES string of the molecule is O=C(O)c1ccc2c(c1)C(=O)C(C(=O)O)C2. The molecule has 1 aromatic carbocycles. The third-order valence-electron chi connectivity index (χ3n) is 2.66. The number of carbonyl (C=O) groups is 3. The number of Topliss-reactive ketones (excluding diaryl/α,β-unsaturated/α-hetero) is 1. The quantitative estimate of drug-likeness (QED) is 0.720. The van der Waals surface area contributed by atoms with Gasteiger partial charge in [-0.1, -0.05) is 6.07 Å². The molecule has 0 saturated heterocycles. The monoisotopic (exact) mass is 220 g/mol. The molecule has 0 fully saturated rings. The molecule has 1 atom stereocenters. The van der Waals surface area contributed by atoms with Gasteiger partial charge in [0.2, 0.25) is 0 Å². The van der Waals surface area contributed by atoms with Crippen molar-refractivity contribution in [3.8, 4) is 0 Å². The molecular formula is C11H8O5. The van der Waals surface area contributed by atoms with Crippen molar-refractivity contribution in [2.75, 3.05) is 0 Å². The van der Waals surface area contributed by atoms with Crippen molar-refractivity contribution in [3.05, 3.63) is 34.9 Å². The zero-order valence-corrected chi connectivity index (χ0v) is 8.14. The summed E-state index contributed by atoms with van der Waals surface area (Å²) in [5.74, 6) is -3.88. The maximum Gasteiger partial charge on any atom is 0.335 e. The average Bonchev–Trinajstić information content (AvgIpc) is 2.56. The van der Waals surface area contributed by atoms with Gasteiger partial charge in [0.1, 0.15) is 5.92 Å². The maximum absolute atomic E-state index is 11.6. The van der Waals surface area contributed by atoms with Crippen LogP contribution in [0.4, 0.5) is 0 Å². The Balaban J connectivity index is 2.45. The van der Waals surface area contributed by atoms with Gasteiger partial charge >= 0.3 is 11.9 Å². The van der Waals surface area contributed by atoms with Gasteiger partial charge in [-0.15, -0.1) is 0 Å². The lowest BCUT2D eigenvalue weighted by Crippen LogP contribution is -2.19. The highest BCUT2D eigenvalue weighted by atomic mass is 16.4. The normalized spacial score (nSPS) is 18.2. The minimum Gasteiger partial charge on any atom is -0.481 e. The van der Waals surface area contributed by atoms with E-state index in [9.17, 15) is 14.4 Å². The Morgan fingerprint density at radius 2 is 1.94 bits per heavy atom. The van der Waals surface area contributed by atoms with E-state index in [4.69, 9.17) is 10.2 Å². The van der Waals surface area contributed by atoms with Gasteiger partial charge in [0.25, 0.3) is 0 Å². The highest BCUT2D eigenvalue weighted by Gasteiger charge is 2.36. The van der Waals surface area contributed by atoms with E-state index in [1.54, 1.807) is 0 Å². The molecule has 5 heteroatoms. The van der Waals surface area contributed by atoms with Crippen LogP contribution in [0.25, 0.3) is 0 Å². The van der Waals surface area contributed by atoms with Crippen LogP contribution >= 0.6 is 0 Å². The molecule has 1 aliphatic carbocycles. The molecule has 16 heavy (non-hydrogen) atoms. The van der Waals surface area contributed by atoms with E-state index in [1.165, 1.54) is 18.2 Å². The second-order valence-corrected chi connectivity index (χ2v) is 3.64. The fourth-order valence-electron chi connectivity index (χ4n) is 1.82. The summed E-state index contributed by atoms with van der Waals surface area (Å²) in [5, 5.41) is 17.5. The zero-order chi connectivity index (χ0) is 11.9. The van der Waals surface area contributed by atoms with E-state index in [-0.39, 0.29) is 17.5 Å². The molecule has 0 radical (unpaired) electrons. The Hall–Kier alpha value is -2.17. The van der Waals surface area contributed by atoms with Gasteiger partial charge in [-0.2, -0.15) is 0 Å². The first-order valence-electron chi connectivity index (χ1n) is 4.64. The standard InChI is InChI=1S/C11H8O5/c12-9-7-4-6(10(13)14)2-1-5(7)3-8(9)11(15)16/h1-2,4,8H,3H2,(H,13,14)(H,15,16). The van der Waals surface area contributed by atoms with Crippen LogP contribution in [0.3, 0.4) is 0 Å². The van der Waals surface area contributed by atoms with E-state index in [1.807, 2.05) is 0 Å². The molecule has 0 aromatic heterocycles. The lowest BCUT2D eigenvalue weighted by molar-refractivity contribution is -0.139. The van der Waals surface area contributed by atoms with Gasteiger partial charge in [0.05, 0.1) is 5.56 Å². The van der Waals surface area contributed by atoms with Gasteiger partial charge in [0, 0.05) is 5.56 Å². The number of rotatable bonds is 2. The number of hydrogen-bond acceptors (Lipinski definition) is 3. The van der Waals surface area contributed by atoms with E-state index in [0.29, 0.717) is 5.56 Å². The molecule has 2 rings (SSSR count). The van der Waals surface area contributed by atoms with E-state index in [0.717, 1.165) is 0 Å². The number of aromatic carboxylic acids is 1. The average molecular weight is 220 g/mol. The van der Waals surface area contributed by atoms with Crippen molar-refractivity contribution in [3.63, 3.8) is 0 Å². The molecule has 0 aliphatic heterocycles. The molecule has 0 amide bonds. The van der Waals surface area contributed by atoms with Crippen molar-refractivity contribution in [1.82, 2.24) is 0 Å². The van der Waals surface area contributed by atoms with Crippen LogP contribution in [0.1, 0.15) is 26.3 Å². The second kappa shape index (κ2) is 3.44. The third kappa shape index (κ3) is 1.46. The summed E-state index contributed by atoms with van der Waals surface area (Å²) in [4.78, 5) is 33.1. The van der Waals surface area contributed by atoms with E-state index < -0.39 is 23.6 Å². The Morgan fingerprint density at radius 3 is 2.50 bits per heavy atom. The number of aliphatic carboxylic acids is 1. The fraction of sp³-hybridized carbons (Fsp3) is 0.182. The van der Waals surface area contributed by atoms with Crippen LogP contribution < -0.4 is 0 Å². The predicted octanol–water partition coefficient (Wildman–Crippen LogP) is 0.824. The Labute approximate surface area is 90.3 Å². The highest BCUT2D eigenvalue weighted by molar-refractivity contribution is 6.12. The molecule has 5 nitrogen and oxygen atoms in total. The van der Waals surface area contributed by atoms with Gasteiger partial charge in [-0.05, 0) is 24.1 Å². The van der Waals surface area contributed by atoms with Gasteiger partial charge in [-0.3, -0.25) is 9.59 Å². The first kappa shape index (κ1) is 10.4. The number of carboxylic acids is 2. The van der Waals surface area contributed by atoms with Crippen LogP contribution in [0.5, 0.6) is 0 Å². The summed E-state index contributed by atoms with van der Waals surface area (Å²) in [6, 6.07) is 4.11. The number of fused-ring (bicyclic) bond motifs is 1. The Kier molecular flexibility index (Phi) is 2.23. The molecular weight excluding hydrogens is 212 g/mol. The lowest BCUT2D eigenvalue weighted by atomic mass is 10.1. The van der Waals surface area contributed by atoms with Crippen molar-refractivity contribution < 1.29 is 24.6 Å². The van der Waals surface area contributed by atoms with Gasteiger partial charge < -0.3 is 10.2 Å². The van der Waals surface area contributed by atoms with Crippen LogP contribution in [0, 0.1) is 5.92 Å². The number of hydrogen-bond donors (Lipinski definition) is 2. The van der Waals surface area contributed by atoms with Crippen molar-refractivity contribution >= 4 is 17.7 Å². The van der Waals surface area contributed by atoms with Gasteiger partial charge in [-0.25, -0.2) is 4.79 Å². The largest absolute Gasteiger partial charge is 0.481 e. The third-order valence-corrected chi connectivity index (χ3v) is 2.66. The van der Waals surface area contributed by atoms with Crippen LogP contribution in [-0.4, -0.2) is 27.9 Å². The molecule has 1 aromatic rings. The molecule has 1 aliphatic rings. The highest BCUT2D eigenvalue weighted by Crippen LogP contribution is 2.27. The van der Waals surface area contributed by atoms with Crippen molar-refractivity contribution in [1.29, 1.82) is 0 Å². The summed E-state index contributed by atoms with van der Waals surface area (Å²) in [5.41, 5.74) is 0.813. The minimum absolute atomic E-state index is 0.00172. The van der Waals surface area contributed by atoms with Crippen molar-refractivity contribution in [2.45, 2.75) is 6.42 Å². The summed E-state index contributed by atoms with van der Waals surface area (Å²) in [6.07, 6.45) is 0.142. The number of carbonyl (C=O) groups excluding carboxylic acids is 1. The number of carboxylic acid groups (broad SMARTS) is 2. The van der Waals surface area contributed by atoms with Gasteiger partial charge in [0.15, 0.2) is 5.78 Å². The molecule has 2 N–H and O–H groups in total. The lowest BCUT2D eigenvalue weighted by Gasteiger charge is -1.99. The minimum atomic E-state index is -1.17. The summed E-state index contributed by atoms with van der Waals surface area (Å²) in [6.45, 7) is 0. The fourth-order valence-corrected chi connectivity index (χ4v) is 1.82. The maximum atomic E-state index is 11.6.